The maximum absolute atomic E-state index is 5.49. The van der Waals surface area contributed by atoms with Crippen LogP contribution in [0.25, 0.3) is 11.3 Å². The summed E-state index contributed by atoms with van der Waals surface area (Å²) >= 11 is 0. The molecule has 7 nitrogen and oxygen atoms in total. The third-order valence-electron chi connectivity index (χ3n) is 4.10. The highest BCUT2D eigenvalue weighted by atomic mass is 16.5. The second kappa shape index (κ2) is 8.43. The Balaban J connectivity index is 1.65. The lowest BCUT2D eigenvalue weighted by molar-refractivity contribution is 0.340. The molecule has 2 heterocycles. The van der Waals surface area contributed by atoms with Gasteiger partial charge in [0.2, 0.25) is 5.95 Å². The van der Waals surface area contributed by atoms with Crippen LogP contribution in [0.1, 0.15) is 12.7 Å². The number of hydrogen-bond acceptors (Lipinski definition) is 7. The van der Waals surface area contributed by atoms with Crippen LogP contribution in [0, 0.1) is 6.92 Å². The summed E-state index contributed by atoms with van der Waals surface area (Å²) in [5.41, 5.74) is 2.64. The third-order valence-corrected chi connectivity index (χ3v) is 4.10. The van der Waals surface area contributed by atoms with Crippen LogP contribution in [0.15, 0.2) is 71.3 Å². The zero-order valence-electron chi connectivity index (χ0n) is 16.2. The first-order valence-electron chi connectivity index (χ1n) is 9.34. The van der Waals surface area contributed by atoms with E-state index in [4.69, 9.17) is 9.26 Å². The number of nitrogens with one attached hydrogen (secondary N) is 2. The van der Waals surface area contributed by atoms with Crippen molar-refractivity contribution >= 4 is 23.3 Å². The van der Waals surface area contributed by atoms with Gasteiger partial charge < -0.3 is 19.9 Å². The van der Waals surface area contributed by atoms with Crippen LogP contribution < -0.4 is 15.4 Å². The fourth-order valence-corrected chi connectivity index (χ4v) is 2.81. The molecule has 0 spiro atoms. The number of benzene rings is 2. The largest absolute Gasteiger partial charge is 0.494 e. The molecular formula is C22H21N5O2. The number of aryl methyl sites for hydroxylation is 1. The van der Waals surface area contributed by atoms with Crippen LogP contribution in [0.2, 0.25) is 0 Å². The minimum atomic E-state index is 0.471. The van der Waals surface area contributed by atoms with Crippen molar-refractivity contribution in [1.82, 2.24) is 15.1 Å². The Labute approximate surface area is 168 Å². The second-order valence-corrected chi connectivity index (χ2v) is 6.36. The van der Waals surface area contributed by atoms with Crippen LogP contribution in [0.4, 0.5) is 23.3 Å². The van der Waals surface area contributed by atoms with E-state index in [1.54, 1.807) is 0 Å². The molecule has 0 saturated carbocycles. The molecule has 4 aromatic rings. The van der Waals surface area contributed by atoms with E-state index >= 15 is 0 Å². The lowest BCUT2D eigenvalue weighted by atomic mass is 10.1. The minimum absolute atomic E-state index is 0.471. The highest BCUT2D eigenvalue weighted by molar-refractivity contribution is 5.68. The summed E-state index contributed by atoms with van der Waals surface area (Å²) in [7, 11) is 0. The summed E-state index contributed by atoms with van der Waals surface area (Å²) in [4.78, 5) is 9.24. The molecule has 0 bridgehead atoms. The normalized spacial score (nSPS) is 10.6. The van der Waals surface area contributed by atoms with Crippen molar-refractivity contribution in [2.75, 3.05) is 17.2 Å². The molecule has 29 heavy (non-hydrogen) atoms. The van der Waals surface area contributed by atoms with Gasteiger partial charge in [0.15, 0.2) is 5.82 Å². The first-order valence-corrected chi connectivity index (χ1v) is 9.34. The predicted molar refractivity (Wildman–Crippen MR) is 113 cm³/mol. The Bertz CT molecular complexity index is 1080. The van der Waals surface area contributed by atoms with E-state index in [2.05, 4.69) is 25.8 Å². The van der Waals surface area contributed by atoms with Crippen molar-refractivity contribution in [3.63, 3.8) is 0 Å². The maximum atomic E-state index is 5.49. The maximum Gasteiger partial charge on any atom is 0.229 e. The number of hydrogen-bond donors (Lipinski definition) is 2. The minimum Gasteiger partial charge on any atom is -0.494 e. The van der Waals surface area contributed by atoms with Crippen LogP contribution in [0.3, 0.4) is 0 Å². The predicted octanol–water partition coefficient (Wildman–Crippen LogP) is 5.33. The van der Waals surface area contributed by atoms with Crippen LogP contribution in [-0.4, -0.2) is 21.7 Å². The van der Waals surface area contributed by atoms with Gasteiger partial charge in [0, 0.05) is 23.4 Å². The average molecular weight is 387 g/mol. The molecule has 4 rings (SSSR count). The summed E-state index contributed by atoms with van der Waals surface area (Å²) in [5.74, 6) is 3.21. The van der Waals surface area contributed by atoms with Crippen molar-refractivity contribution in [3.05, 3.63) is 72.5 Å². The lowest BCUT2D eigenvalue weighted by Gasteiger charge is -2.11. The van der Waals surface area contributed by atoms with Gasteiger partial charge in [-0.25, -0.2) is 4.98 Å². The number of nitrogens with zero attached hydrogens (tertiary/aromatic N) is 3. The average Bonchev–Trinajstić information content (AvgIpc) is 3.15. The smallest absolute Gasteiger partial charge is 0.229 e. The molecule has 0 saturated heterocycles. The number of ether oxygens (including phenoxy) is 1. The summed E-state index contributed by atoms with van der Waals surface area (Å²) in [6.07, 6.45) is 0. The van der Waals surface area contributed by atoms with Gasteiger partial charge in [0.05, 0.1) is 12.3 Å². The van der Waals surface area contributed by atoms with E-state index in [1.807, 2.05) is 80.6 Å². The zero-order chi connectivity index (χ0) is 20.1. The first kappa shape index (κ1) is 18.5. The Morgan fingerprint density at radius 2 is 1.69 bits per heavy atom. The number of rotatable bonds is 7. The van der Waals surface area contributed by atoms with Crippen molar-refractivity contribution in [3.8, 4) is 17.0 Å². The SMILES string of the molecule is CCOc1ccc(Nc2nc(Nc3cc(C)on3)cc(-c3ccccc3)n2)cc1. The van der Waals surface area contributed by atoms with Gasteiger partial charge in [-0.3, -0.25) is 0 Å². The van der Waals surface area contributed by atoms with E-state index in [9.17, 15) is 0 Å². The zero-order valence-corrected chi connectivity index (χ0v) is 16.2. The molecule has 0 fully saturated rings. The Morgan fingerprint density at radius 1 is 0.897 bits per heavy atom. The van der Waals surface area contributed by atoms with Crippen molar-refractivity contribution in [1.29, 1.82) is 0 Å². The van der Waals surface area contributed by atoms with Gasteiger partial charge in [-0.05, 0) is 38.1 Å². The number of anilines is 4. The van der Waals surface area contributed by atoms with Gasteiger partial charge in [-0.2, -0.15) is 4.98 Å². The topological polar surface area (TPSA) is 85.1 Å². The van der Waals surface area contributed by atoms with Crippen LogP contribution in [-0.2, 0) is 0 Å². The fraction of sp³-hybridized carbons (Fsp3) is 0.136. The Kier molecular flexibility index (Phi) is 5.38. The Morgan fingerprint density at radius 3 is 2.38 bits per heavy atom. The molecule has 2 N–H and O–H groups in total. The quantitative estimate of drug-likeness (QED) is 0.443. The third kappa shape index (κ3) is 4.70. The molecule has 7 heteroatoms. The Hall–Kier alpha value is -3.87. The van der Waals surface area contributed by atoms with Crippen molar-refractivity contribution in [2.45, 2.75) is 13.8 Å². The summed E-state index contributed by atoms with van der Waals surface area (Å²) in [6.45, 7) is 4.43. The van der Waals surface area contributed by atoms with E-state index in [1.165, 1.54) is 0 Å². The van der Waals surface area contributed by atoms with E-state index in [0.717, 1.165) is 28.5 Å². The molecule has 2 aromatic carbocycles. The van der Waals surface area contributed by atoms with Crippen LogP contribution in [0.5, 0.6) is 5.75 Å². The molecule has 0 amide bonds. The molecule has 0 aliphatic carbocycles. The van der Waals surface area contributed by atoms with Gasteiger partial charge in [-0.15, -0.1) is 0 Å². The van der Waals surface area contributed by atoms with E-state index in [-0.39, 0.29) is 0 Å². The standard InChI is InChI=1S/C22H21N5O2/c1-3-28-18-11-9-17(10-12-18)23-22-24-19(16-7-5-4-6-8-16)14-20(26-22)25-21-13-15(2)29-27-21/h4-14H,3H2,1-2H3,(H2,23,24,25,26,27). The summed E-state index contributed by atoms with van der Waals surface area (Å²) < 4.78 is 10.6. The summed E-state index contributed by atoms with van der Waals surface area (Å²) in [6, 6.07) is 21.3. The molecule has 146 valence electrons. The van der Waals surface area contributed by atoms with Gasteiger partial charge in [0.25, 0.3) is 0 Å². The van der Waals surface area contributed by atoms with Gasteiger partial charge in [0.1, 0.15) is 17.3 Å². The molecule has 0 unspecified atom stereocenters. The molecule has 0 radical (unpaired) electrons. The number of aromatic nitrogens is 3. The van der Waals surface area contributed by atoms with Gasteiger partial charge in [-0.1, -0.05) is 35.5 Å². The molecule has 0 aliphatic rings. The lowest BCUT2D eigenvalue weighted by Crippen LogP contribution is -2.02. The first-order chi connectivity index (χ1) is 14.2. The van der Waals surface area contributed by atoms with Crippen molar-refractivity contribution in [2.24, 2.45) is 0 Å². The summed E-state index contributed by atoms with van der Waals surface area (Å²) in [5, 5.41) is 10.4. The van der Waals surface area contributed by atoms with E-state index in [0.29, 0.717) is 24.2 Å². The van der Waals surface area contributed by atoms with E-state index < -0.39 is 0 Å². The second-order valence-electron chi connectivity index (χ2n) is 6.36. The molecule has 0 atom stereocenters. The molecule has 0 aliphatic heterocycles. The van der Waals surface area contributed by atoms with Crippen molar-refractivity contribution < 1.29 is 9.26 Å². The monoisotopic (exact) mass is 387 g/mol. The van der Waals surface area contributed by atoms with Crippen LogP contribution >= 0.6 is 0 Å². The highest BCUT2D eigenvalue weighted by Crippen LogP contribution is 2.25. The van der Waals surface area contributed by atoms with Gasteiger partial charge >= 0.3 is 0 Å². The highest BCUT2D eigenvalue weighted by Gasteiger charge is 2.09. The fourth-order valence-electron chi connectivity index (χ4n) is 2.81. The molecular weight excluding hydrogens is 366 g/mol. The molecule has 2 aromatic heterocycles.